The molecule has 1 aliphatic heterocycles. The van der Waals surface area contributed by atoms with Gasteiger partial charge in [-0.1, -0.05) is 6.42 Å². The number of aliphatic carboxylic acids is 1. The van der Waals surface area contributed by atoms with Crippen LogP contribution in [0.5, 0.6) is 0 Å². The third-order valence-corrected chi connectivity index (χ3v) is 5.33. The SMILES string of the molecule is O=C(O)/C=C/c1csc(CNC(=O)C2CCCCS2)c1. The van der Waals surface area contributed by atoms with Crippen LogP contribution < -0.4 is 5.32 Å². The molecule has 20 heavy (non-hydrogen) atoms. The van der Waals surface area contributed by atoms with Gasteiger partial charge in [-0.3, -0.25) is 4.79 Å². The van der Waals surface area contributed by atoms with Crippen molar-refractivity contribution < 1.29 is 14.7 Å². The summed E-state index contributed by atoms with van der Waals surface area (Å²) in [7, 11) is 0. The Morgan fingerprint density at radius 3 is 3.00 bits per heavy atom. The van der Waals surface area contributed by atoms with Crippen molar-refractivity contribution in [3.8, 4) is 0 Å². The molecule has 0 bridgehead atoms. The summed E-state index contributed by atoms with van der Waals surface area (Å²) in [4.78, 5) is 23.4. The Balaban J connectivity index is 1.81. The van der Waals surface area contributed by atoms with Crippen LogP contribution in [-0.4, -0.2) is 28.0 Å². The average Bonchev–Trinajstić information content (AvgIpc) is 2.91. The molecule has 6 heteroatoms. The number of carboxylic acids is 1. The summed E-state index contributed by atoms with van der Waals surface area (Å²) in [6, 6.07) is 1.90. The van der Waals surface area contributed by atoms with Crippen LogP contribution in [0.25, 0.3) is 6.08 Å². The Bertz CT molecular complexity index is 504. The molecule has 1 unspecified atom stereocenters. The van der Waals surface area contributed by atoms with Crippen molar-refractivity contribution in [1.29, 1.82) is 0 Å². The smallest absolute Gasteiger partial charge is 0.328 e. The minimum atomic E-state index is -0.958. The van der Waals surface area contributed by atoms with Crippen molar-refractivity contribution >= 4 is 41.1 Å². The summed E-state index contributed by atoms with van der Waals surface area (Å²) in [6.07, 6.45) is 5.98. The van der Waals surface area contributed by atoms with Gasteiger partial charge >= 0.3 is 5.97 Å². The fourth-order valence-electron chi connectivity index (χ4n) is 1.98. The molecule has 1 aromatic heterocycles. The van der Waals surface area contributed by atoms with Gasteiger partial charge in [0.2, 0.25) is 5.91 Å². The van der Waals surface area contributed by atoms with E-state index in [9.17, 15) is 9.59 Å². The third-order valence-electron chi connectivity index (χ3n) is 3.00. The van der Waals surface area contributed by atoms with E-state index in [1.54, 1.807) is 17.8 Å². The molecule has 2 heterocycles. The Labute approximate surface area is 126 Å². The topological polar surface area (TPSA) is 66.4 Å². The van der Waals surface area contributed by atoms with Gasteiger partial charge in [-0.2, -0.15) is 0 Å². The largest absolute Gasteiger partial charge is 0.478 e. The van der Waals surface area contributed by atoms with Gasteiger partial charge < -0.3 is 10.4 Å². The maximum Gasteiger partial charge on any atom is 0.328 e. The number of hydrogen-bond donors (Lipinski definition) is 2. The molecule has 108 valence electrons. The molecule has 1 aliphatic rings. The van der Waals surface area contributed by atoms with E-state index in [4.69, 9.17) is 5.11 Å². The van der Waals surface area contributed by atoms with Gasteiger partial charge in [0, 0.05) is 11.0 Å². The summed E-state index contributed by atoms with van der Waals surface area (Å²) in [5.74, 6) is 0.229. The lowest BCUT2D eigenvalue weighted by Crippen LogP contribution is -2.33. The Morgan fingerprint density at radius 2 is 2.30 bits per heavy atom. The maximum atomic E-state index is 12.0. The number of hydrogen-bond acceptors (Lipinski definition) is 4. The van der Waals surface area contributed by atoms with Crippen LogP contribution in [0, 0.1) is 0 Å². The molecular formula is C14H17NO3S2. The van der Waals surface area contributed by atoms with E-state index in [0.29, 0.717) is 6.54 Å². The van der Waals surface area contributed by atoms with E-state index in [0.717, 1.165) is 35.1 Å². The Morgan fingerprint density at radius 1 is 1.45 bits per heavy atom. The maximum absolute atomic E-state index is 12.0. The van der Waals surface area contributed by atoms with Crippen LogP contribution in [-0.2, 0) is 16.1 Å². The molecule has 1 aromatic rings. The van der Waals surface area contributed by atoms with Crippen molar-refractivity contribution in [2.24, 2.45) is 0 Å². The first-order chi connectivity index (χ1) is 9.65. The first-order valence-corrected chi connectivity index (χ1v) is 8.46. The van der Waals surface area contributed by atoms with Gasteiger partial charge in [-0.25, -0.2) is 4.79 Å². The van der Waals surface area contributed by atoms with Crippen LogP contribution in [0.2, 0.25) is 0 Å². The minimum Gasteiger partial charge on any atom is -0.478 e. The van der Waals surface area contributed by atoms with Crippen LogP contribution in [0.3, 0.4) is 0 Å². The summed E-state index contributed by atoms with van der Waals surface area (Å²) < 4.78 is 0. The number of rotatable bonds is 5. The average molecular weight is 311 g/mol. The van der Waals surface area contributed by atoms with Gasteiger partial charge in [0.15, 0.2) is 0 Å². The number of thiophene rings is 1. The highest BCUT2D eigenvalue weighted by atomic mass is 32.2. The van der Waals surface area contributed by atoms with Crippen LogP contribution in [0.4, 0.5) is 0 Å². The van der Waals surface area contributed by atoms with Gasteiger partial charge in [0.25, 0.3) is 0 Å². The van der Waals surface area contributed by atoms with E-state index < -0.39 is 5.97 Å². The number of carbonyl (C=O) groups excluding carboxylic acids is 1. The summed E-state index contributed by atoms with van der Waals surface area (Å²) in [5.41, 5.74) is 0.855. The molecule has 2 rings (SSSR count). The minimum absolute atomic E-state index is 0.0927. The molecule has 0 aromatic carbocycles. The lowest BCUT2D eigenvalue weighted by molar-refractivity contribution is -0.131. The quantitative estimate of drug-likeness (QED) is 0.821. The van der Waals surface area contributed by atoms with E-state index in [-0.39, 0.29) is 11.2 Å². The van der Waals surface area contributed by atoms with Crippen molar-refractivity contribution in [1.82, 2.24) is 5.32 Å². The van der Waals surface area contributed by atoms with E-state index in [1.807, 2.05) is 11.4 Å². The third kappa shape index (κ3) is 4.68. The first-order valence-electron chi connectivity index (χ1n) is 6.53. The number of carbonyl (C=O) groups is 2. The fourth-order valence-corrected chi connectivity index (χ4v) is 4.00. The highest BCUT2D eigenvalue weighted by Gasteiger charge is 2.21. The fraction of sp³-hybridized carbons (Fsp3) is 0.429. The molecule has 4 nitrogen and oxygen atoms in total. The van der Waals surface area contributed by atoms with Gasteiger partial charge in [-0.05, 0) is 41.7 Å². The van der Waals surface area contributed by atoms with Gasteiger partial charge in [0.05, 0.1) is 11.8 Å². The normalized spacial score (nSPS) is 19.1. The Hall–Kier alpha value is -1.27. The molecule has 1 saturated heterocycles. The monoisotopic (exact) mass is 311 g/mol. The molecule has 1 atom stereocenters. The summed E-state index contributed by atoms with van der Waals surface area (Å²) in [6.45, 7) is 0.515. The lowest BCUT2D eigenvalue weighted by Gasteiger charge is -2.20. The zero-order valence-electron chi connectivity index (χ0n) is 11.0. The highest BCUT2D eigenvalue weighted by Crippen LogP contribution is 2.25. The van der Waals surface area contributed by atoms with E-state index in [1.165, 1.54) is 17.8 Å². The van der Waals surface area contributed by atoms with Crippen molar-refractivity contribution in [2.45, 2.75) is 31.1 Å². The van der Waals surface area contributed by atoms with Crippen LogP contribution in [0.1, 0.15) is 29.7 Å². The second kappa shape index (κ2) is 7.50. The summed E-state index contributed by atoms with van der Waals surface area (Å²) >= 11 is 3.26. The van der Waals surface area contributed by atoms with Gasteiger partial charge in [0.1, 0.15) is 0 Å². The number of thioether (sulfide) groups is 1. The van der Waals surface area contributed by atoms with Crippen molar-refractivity contribution in [3.63, 3.8) is 0 Å². The lowest BCUT2D eigenvalue weighted by atomic mass is 10.2. The molecule has 2 N–H and O–H groups in total. The molecule has 0 saturated carbocycles. The molecule has 0 aliphatic carbocycles. The molecule has 1 amide bonds. The predicted octanol–water partition coefficient (Wildman–Crippen LogP) is 2.75. The highest BCUT2D eigenvalue weighted by molar-refractivity contribution is 8.00. The second-order valence-corrected chi connectivity index (χ2v) is 6.90. The zero-order valence-corrected chi connectivity index (χ0v) is 12.6. The van der Waals surface area contributed by atoms with Gasteiger partial charge in [-0.15, -0.1) is 23.1 Å². The Kier molecular flexibility index (Phi) is 5.67. The number of carboxylic acid groups (broad SMARTS) is 1. The molecule has 1 fully saturated rings. The molecule has 0 radical (unpaired) electrons. The predicted molar refractivity (Wildman–Crippen MR) is 82.9 cm³/mol. The number of nitrogens with one attached hydrogen (secondary N) is 1. The van der Waals surface area contributed by atoms with Crippen molar-refractivity contribution in [3.05, 3.63) is 28.0 Å². The molecule has 0 spiro atoms. The number of amides is 1. The van der Waals surface area contributed by atoms with E-state index >= 15 is 0 Å². The molecular weight excluding hydrogens is 294 g/mol. The van der Waals surface area contributed by atoms with Crippen LogP contribution >= 0.6 is 23.1 Å². The standard InChI is InChI=1S/C14H17NO3S2/c16-13(17)5-4-10-7-11(20-9-10)8-15-14(18)12-3-1-2-6-19-12/h4-5,7,9,12H,1-3,6,8H2,(H,15,18)(H,16,17)/b5-4+. The summed E-state index contributed by atoms with van der Waals surface area (Å²) in [5, 5.41) is 13.5. The first kappa shape index (κ1) is 15.1. The second-order valence-electron chi connectivity index (χ2n) is 4.59. The van der Waals surface area contributed by atoms with E-state index in [2.05, 4.69) is 5.32 Å². The van der Waals surface area contributed by atoms with Crippen molar-refractivity contribution in [2.75, 3.05) is 5.75 Å². The zero-order chi connectivity index (χ0) is 14.4. The van der Waals surface area contributed by atoms with Crippen LogP contribution in [0.15, 0.2) is 17.5 Å².